The van der Waals surface area contributed by atoms with Crippen molar-refractivity contribution in [2.45, 2.75) is 6.54 Å². The van der Waals surface area contributed by atoms with E-state index in [9.17, 15) is 0 Å². The van der Waals surface area contributed by atoms with Gasteiger partial charge in [0.2, 0.25) is 0 Å². The number of morpholine rings is 1. The molecule has 5 nitrogen and oxygen atoms in total. The van der Waals surface area contributed by atoms with Crippen molar-refractivity contribution in [2.24, 2.45) is 0 Å². The van der Waals surface area contributed by atoms with E-state index in [0.717, 1.165) is 44.2 Å². The molecule has 0 saturated carbocycles. The molecule has 0 bridgehead atoms. The predicted molar refractivity (Wildman–Crippen MR) is 72.9 cm³/mol. The van der Waals surface area contributed by atoms with Gasteiger partial charge in [0.05, 0.1) is 29.6 Å². The van der Waals surface area contributed by atoms with Gasteiger partial charge in [0.15, 0.2) is 0 Å². The van der Waals surface area contributed by atoms with Gasteiger partial charge >= 0.3 is 0 Å². The van der Waals surface area contributed by atoms with E-state index in [4.69, 9.17) is 16.3 Å². The van der Waals surface area contributed by atoms with Crippen LogP contribution in [0.4, 0.5) is 0 Å². The van der Waals surface area contributed by atoms with Crippen molar-refractivity contribution in [1.82, 2.24) is 20.1 Å². The van der Waals surface area contributed by atoms with Gasteiger partial charge in [0, 0.05) is 25.8 Å². The first-order chi connectivity index (χ1) is 9.34. The monoisotopic (exact) mass is 278 g/mol. The van der Waals surface area contributed by atoms with Gasteiger partial charge < -0.3 is 4.74 Å². The van der Waals surface area contributed by atoms with Crippen LogP contribution in [0.1, 0.15) is 5.69 Å². The van der Waals surface area contributed by atoms with Crippen molar-refractivity contribution in [3.05, 3.63) is 35.1 Å². The van der Waals surface area contributed by atoms with Crippen molar-refractivity contribution in [1.29, 1.82) is 0 Å². The highest BCUT2D eigenvalue weighted by molar-refractivity contribution is 6.33. The molecule has 0 unspecified atom stereocenters. The Hall–Kier alpha value is -1.43. The van der Waals surface area contributed by atoms with Gasteiger partial charge in [-0.3, -0.25) is 15.0 Å². The molecule has 0 atom stereocenters. The topological polar surface area (TPSA) is 54.0 Å². The van der Waals surface area contributed by atoms with Crippen LogP contribution < -0.4 is 0 Å². The lowest BCUT2D eigenvalue weighted by atomic mass is 10.2. The maximum atomic E-state index is 6.39. The van der Waals surface area contributed by atoms with Gasteiger partial charge in [-0.25, -0.2) is 0 Å². The molecule has 2 aromatic heterocycles. The van der Waals surface area contributed by atoms with E-state index in [-0.39, 0.29) is 0 Å². The molecule has 0 aliphatic carbocycles. The standard InChI is InChI=1S/C13H15ClN4O/c14-12-11(9-18-5-7-19-8-6-18)16-17-13(12)10-3-1-2-4-15-10/h1-4H,5-9H2,(H,16,17). The Balaban J connectivity index is 1.79. The van der Waals surface area contributed by atoms with Crippen molar-refractivity contribution >= 4 is 11.6 Å². The average Bonchev–Trinajstić information content (AvgIpc) is 2.82. The smallest absolute Gasteiger partial charge is 0.129 e. The molecule has 1 fully saturated rings. The van der Waals surface area contributed by atoms with Crippen LogP contribution in [-0.2, 0) is 11.3 Å². The highest BCUT2D eigenvalue weighted by atomic mass is 35.5. The van der Waals surface area contributed by atoms with Crippen molar-refractivity contribution < 1.29 is 4.74 Å². The third kappa shape index (κ3) is 2.78. The predicted octanol–water partition coefficient (Wildman–Crippen LogP) is 1.96. The molecular formula is C13H15ClN4O. The van der Waals surface area contributed by atoms with E-state index in [1.54, 1.807) is 6.20 Å². The van der Waals surface area contributed by atoms with Gasteiger partial charge in [-0.2, -0.15) is 5.10 Å². The van der Waals surface area contributed by atoms with Gasteiger partial charge in [0.25, 0.3) is 0 Å². The summed E-state index contributed by atoms with van der Waals surface area (Å²) < 4.78 is 5.33. The Morgan fingerprint density at radius 3 is 2.89 bits per heavy atom. The van der Waals surface area contributed by atoms with Gasteiger partial charge in [-0.05, 0) is 12.1 Å². The van der Waals surface area contributed by atoms with E-state index in [1.807, 2.05) is 18.2 Å². The van der Waals surface area contributed by atoms with Crippen LogP contribution in [0.5, 0.6) is 0 Å². The molecule has 1 aliphatic rings. The summed E-state index contributed by atoms with van der Waals surface area (Å²) in [6.45, 7) is 4.17. The number of nitrogens with one attached hydrogen (secondary N) is 1. The molecule has 0 radical (unpaired) electrons. The number of H-pyrrole nitrogens is 1. The SMILES string of the molecule is Clc1c(-c2ccccn2)n[nH]c1CN1CCOCC1. The minimum Gasteiger partial charge on any atom is -0.379 e. The second-order valence-corrected chi connectivity index (χ2v) is 4.85. The molecule has 3 rings (SSSR count). The fourth-order valence-electron chi connectivity index (χ4n) is 2.12. The maximum absolute atomic E-state index is 6.39. The van der Waals surface area contributed by atoms with Gasteiger partial charge in [-0.15, -0.1) is 0 Å². The van der Waals surface area contributed by atoms with Crippen LogP contribution in [0.2, 0.25) is 5.02 Å². The summed E-state index contributed by atoms with van der Waals surface area (Å²) in [4.78, 5) is 6.57. The zero-order valence-corrected chi connectivity index (χ0v) is 11.2. The lowest BCUT2D eigenvalue weighted by Crippen LogP contribution is -2.35. The molecule has 0 amide bonds. The number of rotatable bonds is 3. The highest BCUT2D eigenvalue weighted by Gasteiger charge is 2.17. The first-order valence-electron chi connectivity index (χ1n) is 6.29. The fraction of sp³-hybridized carbons (Fsp3) is 0.385. The molecule has 19 heavy (non-hydrogen) atoms. The number of aromatic nitrogens is 3. The molecule has 0 spiro atoms. The van der Waals surface area contributed by atoms with Gasteiger partial charge in [0.1, 0.15) is 5.69 Å². The molecule has 1 aliphatic heterocycles. The first kappa shape index (κ1) is 12.6. The third-order valence-corrected chi connectivity index (χ3v) is 3.58. The number of aromatic amines is 1. The van der Waals surface area contributed by atoms with Crippen LogP contribution >= 0.6 is 11.6 Å². The van der Waals surface area contributed by atoms with E-state index in [1.165, 1.54) is 0 Å². The van der Waals surface area contributed by atoms with Crippen molar-refractivity contribution in [3.8, 4) is 11.4 Å². The number of hydrogen-bond donors (Lipinski definition) is 1. The van der Waals surface area contributed by atoms with E-state index in [2.05, 4.69) is 20.1 Å². The van der Waals surface area contributed by atoms with Gasteiger partial charge in [-0.1, -0.05) is 17.7 Å². The maximum Gasteiger partial charge on any atom is 0.129 e. The number of ether oxygens (including phenoxy) is 1. The van der Waals surface area contributed by atoms with E-state index in [0.29, 0.717) is 10.7 Å². The highest BCUT2D eigenvalue weighted by Crippen LogP contribution is 2.27. The number of nitrogens with zero attached hydrogens (tertiary/aromatic N) is 3. The van der Waals surface area contributed by atoms with Crippen LogP contribution in [0.25, 0.3) is 11.4 Å². The van der Waals surface area contributed by atoms with Crippen LogP contribution in [0.15, 0.2) is 24.4 Å². The quantitative estimate of drug-likeness (QED) is 0.932. The number of pyridine rings is 1. The zero-order valence-electron chi connectivity index (χ0n) is 10.5. The molecule has 3 heterocycles. The van der Waals surface area contributed by atoms with Crippen LogP contribution in [0, 0.1) is 0 Å². The first-order valence-corrected chi connectivity index (χ1v) is 6.66. The molecule has 1 saturated heterocycles. The van der Waals surface area contributed by atoms with E-state index < -0.39 is 0 Å². The number of halogens is 1. The average molecular weight is 279 g/mol. The Labute approximate surface area is 116 Å². The zero-order chi connectivity index (χ0) is 13.1. The Morgan fingerprint density at radius 1 is 1.32 bits per heavy atom. The third-order valence-electron chi connectivity index (χ3n) is 3.17. The summed E-state index contributed by atoms with van der Waals surface area (Å²) in [5, 5.41) is 7.95. The molecule has 0 aromatic carbocycles. The lowest BCUT2D eigenvalue weighted by Gasteiger charge is -2.25. The summed E-state index contributed by atoms with van der Waals surface area (Å²) in [5.74, 6) is 0. The van der Waals surface area contributed by atoms with E-state index >= 15 is 0 Å². The molecule has 2 aromatic rings. The van der Waals surface area contributed by atoms with Crippen molar-refractivity contribution in [2.75, 3.05) is 26.3 Å². The van der Waals surface area contributed by atoms with Crippen LogP contribution in [-0.4, -0.2) is 46.4 Å². The summed E-state index contributed by atoms with van der Waals surface area (Å²) in [5.41, 5.74) is 2.44. The minimum atomic E-state index is 0.658. The minimum absolute atomic E-state index is 0.658. The largest absolute Gasteiger partial charge is 0.379 e. The second kappa shape index (κ2) is 5.69. The lowest BCUT2D eigenvalue weighted by molar-refractivity contribution is 0.0336. The fourth-order valence-corrected chi connectivity index (χ4v) is 2.37. The number of hydrogen-bond acceptors (Lipinski definition) is 4. The summed E-state index contributed by atoms with van der Waals surface area (Å²) in [6.07, 6.45) is 1.74. The normalized spacial score (nSPS) is 16.7. The molecule has 100 valence electrons. The Kier molecular flexibility index (Phi) is 3.77. The second-order valence-electron chi connectivity index (χ2n) is 4.47. The Morgan fingerprint density at radius 2 is 2.16 bits per heavy atom. The molecule has 6 heteroatoms. The van der Waals surface area contributed by atoms with Crippen LogP contribution in [0.3, 0.4) is 0 Å². The summed E-state index contributed by atoms with van der Waals surface area (Å²) in [7, 11) is 0. The van der Waals surface area contributed by atoms with Crippen molar-refractivity contribution in [3.63, 3.8) is 0 Å². The molecule has 1 N–H and O–H groups in total. The molecular weight excluding hydrogens is 264 g/mol. The summed E-state index contributed by atoms with van der Waals surface area (Å²) in [6, 6.07) is 5.70. The Bertz CT molecular complexity index is 537. The summed E-state index contributed by atoms with van der Waals surface area (Å²) >= 11 is 6.39.